The topological polar surface area (TPSA) is 69.8 Å². The molecule has 0 saturated carbocycles. The van der Waals surface area contributed by atoms with Crippen molar-refractivity contribution in [2.45, 2.75) is 26.8 Å². The second kappa shape index (κ2) is 8.14. The monoisotopic (exact) mass is 348 g/mol. The van der Waals surface area contributed by atoms with Crippen LogP contribution in [0.3, 0.4) is 0 Å². The highest BCUT2D eigenvalue weighted by molar-refractivity contribution is 7.09. The Morgan fingerprint density at radius 3 is 2.79 bits per heavy atom. The lowest BCUT2D eigenvalue weighted by Gasteiger charge is -2.36. The first-order valence-electron chi connectivity index (χ1n) is 8.42. The third kappa shape index (κ3) is 4.05. The van der Waals surface area contributed by atoms with Crippen LogP contribution in [0, 0.1) is 0 Å². The summed E-state index contributed by atoms with van der Waals surface area (Å²) in [5.41, 5.74) is 1.09. The van der Waals surface area contributed by atoms with Gasteiger partial charge >= 0.3 is 0 Å². The zero-order valence-electron chi connectivity index (χ0n) is 14.2. The first kappa shape index (κ1) is 16.8. The minimum Gasteiger partial charge on any atom is -0.472 e. The molecule has 2 aromatic rings. The van der Waals surface area contributed by atoms with Crippen LogP contribution in [-0.4, -0.2) is 52.9 Å². The summed E-state index contributed by atoms with van der Waals surface area (Å²) in [6.07, 6.45) is 4.32. The van der Waals surface area contributed by atoms with Crippen molar-refractivity contribution >= 4 is 22.6 Å². The standard InChI is InChI=1S/C16H24N6OS/c1-3-14-19-16(24-20-14)22-8-6-21(7-9-22)15(17-4-2)18-11-13-5-10-23-12-13/h5,10,12H,3-4,6-9,11H2,1-2H3,(H,17,18). The summed E-state index contributed by atoms with van der Waals surface area (Å²) in [6.45, 7) is 9.41. The molecule has 0 bridgehead atoms. The Morgan fingerprint density at radius 2 is 2.17 bits per heavy atom. The van der Waals surface area contributed by atoms with Gasteiger partial charge in [-0.2, -0.15) is 4.37 Å². The molecule has 0 radical (unpaired) electrons. The van der Waals surface area contributed by atoms with E-state index in [4.69, 9.17) is 9.41 Å². The molecule has 1 fully saturated rings. The number of furan rings is 1. The minimum absolute atomic E-state index is 0.634. The average Bonchev–Trinajstić information content (AvgIpc) is 3.30. The van der Waals surface area contributed by atoms with Crippen LogP contribution in [-0.2, 0) is 13.0 Å². The number of guanidine groups is 1. The summed E-state index contributed by atoms with van der Waals surface area (Å²) in [5, 5.41) is 4.42. The van der Waals surface area contributed by atoms with Crippen molar-refractivity contribution in [1.29, 1.82) is 0 Å². The van der Waals surface area contributed by atoms with Crippen molar-refractivity contribution in [2.24, 2.45) is 4.99 Å². The number of anilines is 1. The number of hydrogen-bond acceptors (Lipinski definition) is 6. The highest BCUT2D eigenvalue weighted by atomic mass is 32.1. The number of nitrogens with zero attached hydrogens (tertiary/aromatic N) is 5. The van der Waals surface area contributed by atoms with Gasteiger partial charge in [-0.3, -0.25) is 0 Å². The number of aromatic nitrogens is 2. The number of nitrogens with one attached hydrogen (secondary N) is 1. The van der Waals surface area contributed by atoms with Crippen molar-refractivity contribution < 1.29 is 4.42 Å². The Morgan fingerprint density at radius 1 is 1.33 bits per heavy atom. The van der Waals surface area contributed by atoms with Gasteiger partial charge in [0.05, 0.1) is 19.1 Å². The maximum Gasteiger partial charge on any atom is 0.205 e. The molecule has 1 saturated heterocycles. The van der Waals surface area contributed by atoms with Crippen molar-refractivity contribution in [2.75, 3.05) is 37.6 Å². The van der Waals surface area contributed by atoms with Gasteiger partial charge in [0.25, 0.3) is 0 Å². The summed E-state index contributed by atoms with van der Waals surface area (Å²) in [7, 11) is 0. The Labute approximate surface area is 146 Å². The molecule has 0 spiro atoms. The molecule has 24 heavy (non-hydrogen) atoms. The van der Waals surface area contributed by atoms with Crippen LogP contribution < -0.4 is 10.2 Å². The van der Waals surface area contributed by atoms with E-state index in [0.717, 1.165) is 61.6 Å². The molecule has 130 valence electrons. The Balaban J connectivity index is 1.59. The zero-order chi connectivity index (χ0) is 16.8. The molecule has 1 N–H and O–H groups in total. The van der Waals surface area contributed by atoms with Gasteiger partial charge in [-0.25, -0.2) is 9.98 Å². The second-order valence-electron chi connectivity index (χ2n) is 5.62. The van der Waals surface area contributed by atoms with E-state index in [2.05, 4.69) is 38.3 Å². The molecule has 7 nitrogen and oxygen atoms in total. The van der Waals surface area contributed by atoms with Crippen LogP contribution >= 0.6 is 11.5 Å². The normalized spacial score (nSPS) is 15.8. The SMILES string of the molecule is CCNC(=NCc1ccoc1)N1CCN(c2nc(CC)ns2)CC1. The van der Waals surface area contributed by atoms with Crippen LogP contribution in [0.1, 0.15) is 25.2 Å². The smallest absolute Gasteiger partial charge is 0.205 e. The highest BCUT2D eigenvalue weighted by Crippen LogP contribution is 2.19. The molecule has 0 unspecified atom stereocenters. The maximum atomic E-state index is 5.10. The predicted molar refractivity (Wildman–Crippen MR) is 96.6 cm³/mol. The summed E-state index contributed by atoms with van der Waals surface area (Å²) < 4.78 is 9.49. The first-order valence-corrected chi connectivity index (χ1v) is 9.19. The van der Waals surface area contributed by atoms with Crippen LogP contribution in [0.4, 0.5) is 5.13 Å². The van der Waals surface area contributed by atoms with Gasteiger partial charge in [0, 0.05) is 56.2 Å². The summed E-state index contributed by atoms with van der Waals surface area (Å²) in [6, 6.07) is 1.95. The Kier molecular flexibility index (Phi) is 5.68. The Bertz CT molecular complexity index is 645. The van der Waals surface area contributed by atoms with E-state index in [0.29, 0.717) is 6.54 Å². The van der Waals surface area contributed by atoms with Crippen LogP contribution in [0.2, 0.25) is 0 Å². The largest absolute Gasteiger partial charge is 0.472 e. The van der Waals surface area contributed by atoms with Crippen LogP contribution in [0.25, 0.3) is 0 Å². The molecule has 1 aliphatic rings. The second-order valence-corrected chi connectivity index (χ2v) is 6.35. The molecule has 0 aromatic carbocycles. The van der Waals surface area contributed by atoms with Gasteiger partial charge in [-0.1, -0.05) is 6.92 Å². The predicted octanol–water partition coefficient (Wildman–Crippen LogP) is 1.98. The van der Waals surface area contributed by atoms with E-state index in [1.54, 1.807) is 12.5 Å². The van der Waals surface area contributed by atoms with Gasteiger partial charge < -0.3 is 19.5 Å². The fourth-order valence-electron chi connectivity index (χ4n) is 2.60. The maximum absolute atomic E-state index is 5.10. The fraction of sp³-hybridized carbons (Fsp3) is 0.562. The van der Waals surface area contributed by atoms with Crippen molar-refractivity contribution in [1.82, 2.24) is 19.6 Å². The lowest BCUT2D eigenvalue weighted by atomic mass is 10.3. The van der Waals surface area contributed by atoms with E-state index >= 15 is 0 Å². The van der Waals surface area contributed by atoms with E-state index in [9.17, 15) is 0 Å². The van der Waals surface area contributed by atoms with Gasteiger partial charge in [0.15, 0.2) is 5.96 Å². The highest BCUT2D eigenvalue weighted by Gasteiger charge is 2.22. The molecule has 0 aliphatic carbocycles. The first-order chi connectivity index (χ1) is 11.8. The number of piperazine rings is 1. The third-order valence-electron chi connectivity index (χ3n) is 3.95. The average molecular weight is 348 g/mol. The lowest BCUT2D eigenvalue weighted by Crippen LogP contribution is -2.52. The molecule has 2 aromatic heterocycles. The zero-order valence-corrected chi connectivity index (χ0v) is 15.1. The minimum atomic E-state index is 0.634. The quantitative estimate of drug-likeness (QED) is 0.658. The summed E-state index contributed by atoms with van der Waals surface area (Å²) >= 11 is 1.50. The number of aliphatic imine (C=N–C) groups is 1. The van der Waals surface area contributed by atoms with Gasteiger partial charge in [0.2, 0.25) is 5.13 Å². The van der Waals surface area contributed by atoms with Crippen LogP contribution in [0.5, 0.6) is 0 Å². The molecule has 0 atom stereocenters. The molecule has 3 rings (SSSR count). The van der Waals surface area contributed by atoms with E-state index in [1.807, 2.05) is 6.07 Å². The number of rotatable bonds is 5. The van der Waals surface area contributed by atoms with Crippen molar-refractivity contribution in [3.05, 3.63) is 30.0 Å². The van der Waals surface area contributed by atoms with E-state index in [1.165, 1.54) is 11.5 Å². The van der Waals surface area contributed by atoms with E-state index < -0.39 is 0 Å². The molecule has 3 heterocycles. The number of hydrogen-bond donors (Lipinski definition) is 1. The van der Waals surface area contributed by atoms with Crippen LogP contribution in [0.15, 0.2) is 28.0 Å². The van der Waals surface area contributed by atoms with Gasteiger partial charge in [0.1, 0.15) is 5.82 Å². The molecular weight excluding hydrogens is 324 g/mol. The third-order valence-corrected chi connectivity index (χ3v) is 4.76. The van der Waals surface area contributed by atoms with Gasteiger partial charge in [-0.05, 0) is 13.0 Å². The number of aryl methyl sites for hydroxylation is 1. The fourth-order valence-corrected chi connectivity index (χ4v) is 3.40. The molecule has 1 aliphatic heterocycles. The summed E-state index contributed by atoms with van der Waals surface area (Å²) in [4.78, 5) is 13.9. The summed E-state index contributed by atoms with van der Waals surface area (Å²) in [5.74, 6) is 1.90. The molecule has 0 amide bonds. The lowest BCUT2D eigenvalue weighted by molar-refractivity contribution is 0.372. The van der Waals surface area contributed by atoms with Crippen molar-refractivity contribution in [3.63, 3.8) is 0 Å². The molecular formula is C16H24N6OS. The molecule has 8 heteroatoms. The van der Waals surface area contributed by atoms with Crippen molar-refractivity contribution in [3.8, 4) is 0 Å². The van der Waals surface area contributed by atoms with Gasteiger partial charge in [-0.15, -0.1) is 0 Å². The Hall–Kier alpha value is -2.09. The van der Waals surface area contributed by atoms with E-state index in [-0.39, 0.29) is 0 Å².